The number of amides is 2. The molecule has 9 heteroatoms. The van der Waals surface area contributed by atoms with Crippen LogP contribution in [0.5, 0.6) is 0 Å². The van der Waals surface area contributed by atoms with E-state index in [0.717, 1.165) is 0 Å². The van der Waals surface area contributed by atoms with E-state index in [4.69, 9.17) is 27.9 Å². The van der Waals surface area contributed by atoms with Crippen molar-refractivity contribution in [1.82, 2.24) is 20.2 Å². The molecule has 0 spiro atoms. The molecule has 0 atom stereocenters. The van der Waals surface area contributed by atoms with Gasteiger partial charge < -0.3 is 19.9 Å². The quantitative estimate of drug-likeness (QED) is 0.850. The van der Waals surface area contributed by atoms with Gasteiger partial charge in [-0.2, -0.15) is 0 Å². The fourth-order valence-corrected chi connectivity index (χ4v) is 3.11. The van der Waals surface area contributed by atoms with E-state index < -0.39 is 0 Å². The van der Waals surface area contributed by atoms with Crippen molar-refractivity contribution in [1.29, 1.82) is 0 Å². The molecule has 1 aliphatic heterocycles. The number of hydrogen-bond donors (Lipinski definition) is 2. The van der Waals surface area contributed by atoms with E-state index in [1.807, 2.05) is 0 Å². The predicted molar refractivity (Wildman–Crippen MR) is 95.2 cm³/mol. The molecule has 0 radical (unpaired) electrons. The van der Waals surface area contributed by atoms with E-state index in [1.54, 1.807) is 24.0 Å². The molecule has 1 saturated heterocycles. The lowest BCUT2D eigenvalue weighted by Gasteiger charge is -2.31. The average molecular weight is 385 g/mol. The first kappa shape index (κ1) is 17.8. The summed E-state index contributed by atoms with van der Waals surface area (Å²) in [6.07, 6.45) is 1.03. The van der Waals surface area contributed by atoms with Crippen LogP contribution in [-0.2, 0) is 4.74 Å². The summed E-state index contributed by atoms with van der Waals surface area (Å²) in [5, 5.41) is 3.73. The second-order valence-electron chi connectivity index (χ2n) is 5.80. The highest BCUT2D eigenvalue weighted by molar-refractivity contribution is 6.42. The van der Waals surface area contributed by atoms with Crippen LogP contribution < -0.4 is 5.32 Å². The fraction of sp³-hybridized carbons (Fsp3) is 0.438. The van der Waals surface area contributed by atoms with Crippen LogP contribution in [0, 0.1) is 0 Å². The van der Waals surface area contributed by atoms with Crippen LogP contribution in [0.1, 0.15) is 30.4 Å². The Labute approximate surface area is 154 Å². The number of hydrogen-bond acceptors (Lipinski definition) is 4. The zero-order chi connectivity index (χ0) is 18.0. The molecule has 7 nitrogen and oxygen atoms in total. The molecule has 1 aliphatic rings. The lowest BCUT2D eigenvalue weighted by Crippen LogP contribution is -2.46. The number of H-pyrrole nitrogens is 1. The van der Waals surface area contributed by atoms with Gasteiger partial charge >= 0.3 is 6.09 Å². The van der Waals surface area contributed by atoms with Gasteiger partial charge in [-0.3, -0.25) is 4.79 Å². The Kier molecular flexibility index (Phi) is 5.34. The molecule has 0 saturated carbocycles. The number of nitrogens with zero attached hydrogens (tertiary/aromatic N) is 2. The number of likely N-dealkylation sites (tertiary alicyclic amines) is 1. The first-order valence-corrected chi connectivity index (χ1v) is 8.81. The van der Waals surface area contributed by atoms with Crippen molar-refractivity contribution < 1.29 is 14.3 Å². The summed E-state index contributed by atoms with van der Waals surface area (Å²) < 4.78 is 4.98. The van der Waals surface area contributed by atoms with Gasteiger partial charge in [0.25, 0.3) is 5.91 Å². The zero-order valence-electron chi connectivity index (χ0n) is 13.6. The number of halogens is 2. The molecule has 1 aromatic carbocycles. The lowest BCUT2D eigenvalue weighted by atomic mass is 10.1. The van der Waals surface area contributed by atoms with Gasteiger partial charge in [0.15, 0.2) is 5.82 Å². The Morgan fingerprint density at radius 1 is 1.32 bits per heavy atom. The molecular weight excluding hydrogens is 367 g/mol. The van der Waals surface area contributed by atoms with E-state index in [9.17, 15) is 9.59 Å². The van der Waals surface area contributed by atoms with Gasteiger partial charge in [-0.1, -0.05) is 23.2 Å². The standard InChI is InChI=1S/C16H18Cl2N4O3/c1-2-25-16(24)22-5-3-9(4-6-22)19-15(23)14-20-12-7-10(17)11(18)8-13(12)21-14/h7-9H,2-6H2,1H3,(H,19,23)(H,20,21). The number of carbonyl (C=O) groups excluding carboxylic acids is 2. The first-order valence-electron chi connectivity index (χ1n) is 8.05. The summed E-state index contributed by atoms with van der Waals surface area (Å²) >= 11 is 11.9. The fourth-order valence-electron chi connectivity index (χ4n) is 2.79. The molecule has 0 aliphatic carbocycles. The summed E-state index contributed by atoms with van der Waals surface area (Å²) in [6, 6.07) is 3.24. The summed E-state index contributed by atoms with van der Waals surface area (Å²) in [4.78, 5) is 32.9. The Morgan fingerprint density at radius 3 is 2.68 bits per heavy atom. The van der Waals surface area contributed by atoms with Gasteiger partial charge in [0.05, 0.1) is 27.7 Å². The highest BCUT2D eigenvalue weighted by Crippen LogP contribution is 2.26. The smallest absolute Gasteiger partial charge is 0.409 e. The Hall–Kier alpha value is -1.99. The first-order chi connectivity index (χ1) is 12.0. The maximum atomic E-state index is 12.4. The summed E-state index contributed by atoms with van der Waals surface area (Å²) in [6.45, 7) is 3.23. The highest BCUT2D eigenvalue weighted by atomic mass is 35.5. The van der Waals surface area contributed by atoms with Crippen molar-refractivity contribution in [3.8, 4) is 0 Å². The van der Waals surface area contributed by atoms with Gasteiger partial charge in [-0.15, -0.1) is 0 Å². The van der Waals surface area contributed by atoms with E-state index in [2.05, 4.69) is 15.3 Å². The topological polar surface area (TPSA) is 87.3 Å². The number of ether oxygens (including phenoxy) is 1. The van der Waals surface area contributed by atoms with Crippen molar-refractivity contribution in [3.05, 3.63) is 28.0 Å². The number of imidazole rings is 1. The van der Waals surface area contributed by atoms with Gasteiger partial charge in [-0.25, -0.2) is 9.78 Å². The van der Waals surface area contributed by atoms with Crippen LogP contribution in [0.15, 0.2) is 12.1 Å². The van der Waals surface area contributed by atoms with Crippen molar-refractivity contribution in [3.63, 3.8) is 0 Å². The van der Waals surface area contributed by atoms with Crippen molar-refractivity contribution in [2.24, 2.45) is 0 Å². The Balaban J connectivity index is 1.61. The number of piperidine rings is 1. The monoisotopic (exact) mass is 384 g/mol. The third-order valence-corrected chi connectivity index (χ3v) is 4.82. The molecule has 0 bridgehead atoms. The predicted octanol–water partition coefficient (Wildman–Crippen LogP) is 3.22. The minimum atomic E-state index is -0.307. The number of nitrogens with one attached hydrogen (secondary N) is 2. The number of fused-ring (bicyclic) bond motifs is 1. The van der Waals surface area contributed by atoms with Crippen LogP contribution in [0.3, 0.4) is 0 Å². The minimum absolute atomic E-state index is 0.0152. The molecule has 2 heterocycles. The van der Waals surface area contributed by atoms with Crippen LogP contribution in [0.25, 0.3) is 11.0 Å². The highest BCUT2D eigenvalue weighted by Gasteiger charge is 2.25. The SMILES string of the molecule is CCOC(=O)N1CCC(NC(=O)c2nc3cc(Cl)c(Cl)cc3[nH]2)CC1. The molecule has 2 N–H and O–H groups in total. The third-order valence-electron chi connectivity index (χ3n) is 4.10. The molecule has 1 aromatic heterocycles. The van der Waals surface area contributed by atoms with Crippen molar-refractivity contribution in [2.45, 2.75) is 25.8 Å². The maximum absolute atomic E-state index is 12.4. The van der Waals surface area contributed by atoms with Crippen LogP contribution >= 0.6 is 23.2 Å². The number of carbonyl (C=O) groups is 2. The van der Waals surface area contributed by atoms with Gasteiger partial charge in [0.2, 0.25) is 0 Å². The van der Waals surface area contributed by atoms with Crippen molar-refractivity contribution >= 4 is 46.2 Å². The third kappa shape index (κ3) is 3.99. The van der Waals surface area contributed by atoms with E-state index in [1.165, 1.54) is 0 Å². The number of aromatic amines is 1. The largest absolute Gasteiger partial charge is 0.450 e. The van der Waals surface area contributed by atoms with E-state index >= 15 is 0 Å². The second kappa shape index (κ2) is 7.49. The zero-order valence-corrected chi connectivity index (χ0v) is 15.2. The van der Waals surface area contributed by atoms with E-state index in [-0.39, 0.29) is 23.9 Å². The maximum Gasteiger partial charge on any atom is 0.409 e. The minimum Gasteiger partial charge on any atom is -0.450 e. The summed E-state index contributed by atoms with van der Waals surface area (Å²) in [5.74, 6) is -0.0841. The van der Waals surface area contributed by atoms with Gasteiger partial charge in [-0.05, 0) is 31.9 Å². The summed E-state index contributed by atoms with van der Waals surface area (Å²) in [5.41, 5.74) is 1.23. The molecule has 0 unspecified atom stereocenters. The molecule has 2 amide bonds. The van der Waals surface area contributed by atoms with Crippen LogP contribution in [-0.4, -0.2) is 52.6 Å². The molecule has 25 heavy (non-hydrogen) atoms. The van der Waals surface area contributed by atoms with E-state index in [0.29, 0.717) is 53.6 Å². The van der Waals surface area contributed by atoms with Gasteiger partial charge in [0.1, 0.15) is 0 Å². The number of benzene rings is 1. The summed E-state index contributed by atoms with van der Waals surface area (Å²) in [7, 11) is 0. The van der Waals surface area contributed by atoms with Gasteiger partial charge in [0, 0.05) is 19.1 Å². The number of rotatable bonds is 3. The average Bonchev–Trinajstić information content (AvgIpc) is 2.99. The molecule has 134 valence electrons. The molecule has 2 aromatic rings. The lowest BCUT2D eigenvalue weighted by molar-refractivity contribution is 0.0854. The Morgan fingerprint density at radius 2 is 2.00 bits per heavy atom. The van der Waals surface area contributed by atoms with Crippen molar-refractivity contribution in [2.75, 3.05) is 19.7 Å². The second-order valence-corrected chi connectivity index (χ2v) is 6.62. The number of aromatic nitrogens is 2. The molecular formula is C16H18Cl2N4O3. The Bertz CT molecular complexity index is 761. The molecule has 3 rings (SSSR count). The normalized spacial score (nSPS) is 15.4. The van der Waals surface area contributed by atoms with Crippen LogP contribution in [0.2, 0.25) is 10.0 Å². The molecule has 1 fully saturated rings. The van der Waals surface area contributed by atoms with Crippen LogP contribution in [0.4, 0.5) is 4.79 Å².